The van der Waals surface area contributed by atoms with E-state index >= 15 is 0 Å². The van der Waals surface area contributed by atoms with Gasteiger partial charge in [-0.15, -0.1) is 0 Å². The van der Waals surface area contributed by atoms with Crippen LogP contribution in [-0.4, -0.2) is 28.9 Å². The lowest BCUT2D eigenvalue weighted by atomic mass is 9.95. The van der Waals surface area contributed by atoms with Crippen molar-refractivity contribution in [1.82, 2.24) is 4.98 Å². The molecular weight excluding hydrogens is 479 g/mol. The predicted octanol–water partition coefficient (Wildman–Crippen LogP) is 5.72. The fourth-order valence-electron chi connectivity index (χ4n) is 3.88. The number of aliphatic hydroxyl groups excluding tert-OH is 1. The highest BCUT2D eigenvalue weighted by molar-refractivity contribution is 7.22. The van der Waals surface area contributed by atoms with E-state index in [0.717, 1.165) is 4.70 Å². The summed E-state index contributed by atoms with van der Waals surface area (Å²) in [4.78, 5) is 32.3. The van der Waals surface area contributed by atoms with Crippen LogP contribution in [0, 0.1) is 5.82 Å². The van der Waals surface area contributed by atoms with Gasteiger partial charge in [-0.1, -0.05) is 35.1 Å². The molecule has 6 nitrogen and oxygen atoms in total. The monoisotopic (exact) mass is 494 g/mol. The number of aliphatic hydroxyl groups is 1. The molecule has 5 rings (SSSR count). The van der Waals surface area contributed by atoms with Crippen LogP contribution in [0.25, 0.3) is 16.0 Å². The van der Waals surface area contributed by atoms with Crippen molar-refractivity contribution in [2.24, 2.45) is 0 Å². The summed E-state index contributed by atoms with van der Waals surface area (Å²) in [6, 6.07) is 16.0. The molecule has 34 heavy (non-hydrogen) atoms. The zero-order valence-corrected chi connectivity index (χ0v) is 19.2. The van der Waals surface area contributed by atoms with Crippen LogP contribution < -0.4 is 9.64 Å². The van der Waals surface area contributed by atoms with Gasteiger partial charge in [-0.3, -0.25) is 14.5 Å². The van der Waals surface area contributed by atoms with Gasteiger partial charge in [0.15, 0.2) is 5.13 Å². The molecule has 9 heteroatoms. The maximum Gasteiger partial charge on any atom is 0.301 e. The van der Waals surface area contributed by atoms with Crippen LogP contribution >= 0.6 is 22.9 Å². The van der Waals surface area contributed by atoms with Gasteiger partial charge in [-0.2, -0.15) is 0 Å². The topological polar surface area (TPSA) is 79.7 Å². The molecular formula is C25H16ClFN2O4S. The second-order valence-electron chi connectivity index (χ2n) is 7.56. The number of anilines is 1. The Morgan fingerprint density at radius 3 is 2.47 bits per heavy atom. The van der Waals surface area contributed by atoms with Gasteiger partial charge in [0.25, 0.3) is 5.78 Å². The second kappa shape index (κ2) is 8.55. The van der Waals surface area contributed by atoms with Crippen LogP contribution in [0.2, 0.25) is 5.02 Å². The van der Waals surface area contributed by atoms with Crippen molar-refractivity contribution in [3.05, 3.63) is 94.3 Å². The molecule has 170 valence electrons. The Morgan fingerprint density at radius 2 is 1.79 bits per heavy atom. The number of rotatable bonds is 4. The molecule has 0 saturated carbocycles. The van der Waals surface area contributed by atoms with E-state index in [4.69, 9.17) is 16.3 Å². The zero-order chi connectivity index (χ0) is 24.0. The number of methoxy groups -OCH3 is 1. The van der Waals surface area contributed by atoms with E-state index in [9.17, 15) is 19.1 Å². The van der Waals surface area contributed by atoms with Crippen LogP contribution in [0.3, 0.4) is 0 Å². The SMILES string of the molecule is COc1ccc2nc(N3C(=O)C(=O)/C(=C(/O)c4ccc(F)cc4)[C@@H]3c3ccc(Cl)cc3)sc2c1. The third-order valence-electron chi connectivity index (χ3n) is 5.54. The predicted molar refractivity (Wildman–Crippen MR) is 129 cm³/mol. The van der Waals surface area contributed by atoms with E-state index in [-0.39, 0.29) is 11.1 Å². The van der Waals surface area contributed by atoms with E-state index in [1.54, 1.807) is 49.6 Å². The first-order chi connectivity index (χ1) is 16.4. The molecule has 1 aromatic heterocycles. The van der Waals surface area contributed by atoms with Crippen molar-refractivity contribution in [3.8, 4) is 5.75 Å². The van der Waals surface area contributed by atoms with Crippen LogP contribution in [-0.2, 0) is 9.59 Å². The summed E-state index contributed by atoms with van der Waals surface area (Å²) in [7, 11) is 1.55. The molecule has 1 atom stereocenters. The fraction of sp³-hybridized carbons (Fsp3) is 0.0800. The number of thiazole rings is 1. The van der Waals surface area contributed by atoms with Crippen LogP contribution in [0.15, 0.2) is 72.3 Å². The molecule has 4 aromatic rings. The van der Waals surface area contributed by atoms with E-state index in [2.05, 4.69) is 4.98 Å². The van der Waals surface area contributed by atoms with Crippen molar-refractivity contribution in [2.75, 3.05) is 12.0 Å². The standard InChI is InChI=1S/C25H16ClFN2O4S/c1-33-17-10-11-18-19(12-17)34-25(28-18)29-21(13-2-6-15(26)7-3-13)20(23(31)24(29)32)22(30)14-4-8-16(27)9-5-14/h2-12,21,30H,1H3/b22-20+/t21-/m0/s1. The number of aromatic nitrogens is 1. The molecule has 0 bridgehead atoms. The lowest BCUT2D eigenvalue weighted by Crippen LogP contribution is -2.29. The van der Waals surface area contributed by atoms with E-state index in [0.29, 0.717) is 27.0 Å². The van der Waals surface area contributed by atoms with Crippen molar-refractivity contribution in [2.45, 2.75) is 6.04 Å². The van der Waals surface area contributed by atoms with Crippen molar-refractivity contribution in [1.29, 1.82) is 0 Å². The molecule has 1 amide bonds. The molecule has 1 aliphatic heterocycles. The molecule has 0 spiro atoms. The van der Waals surface area contributed by atoms with Crippen LogP contribution in [0.1, 0.15) is 17.2 Å². The van der Waals surface area contributed by atoms with Crippen LogP contribution in [0.4, 0.5) is 9.52 Å². The number of ether oxygens (including phenoxy) is 1. The first kappa shape index (κ1) is 22.1. The minimum absolute atomic E-state index is 0.115. The molecule has 1 aliphatic rings. The van der Waals surface area contributed by atoms with E-state index in [1.165, 1.54) is 40.5 Å². The number of halogens is 2. The Kier molecular flexibility index (Phi) is 5.55. The van der Waals surface area contributed by atoms with Gasteiger partial charge in [-0.25, -0.2) is 9.37 Å². The average Bonchev–Trinajstić information content (AvgIpc) is 3.37. The van der Waals surface area contributed by atoms with E-state index in [1.807, 2.05) is 0 Å². The first-order valence-corrected chi connectivity index (χ1v) is 11.3. The number of carbonyl (C=O) groups excluding carboxylic acids is 2. The largest absolute Gasteiger partial charge is 0.507 e. The highest BCUT2D eigenvalue weighted by Gasteiger charge is 2.48. The molecule has 3 aromatic carbocycles. The Labute approximate surface area is 202 Å². The lowest BCUT2D eigenvalue weighted by Gasteiger charge is -2.23. The molecule has 0 aliphatic carbocycles. The summed E-state index contributed by atoms with van der Waals surface area (Å²) in [5, 5.41) is 11.8. The van der Waals surface area contributed by atoms with Crippen molar-refractivity contribution in [3.63, 3.8) is 0 Å². The number of hydrogen-bond acceptors (Lipinski definition) is 6. The second-order valence-corrected chi connectivity index (χ2v) is 9.00. The maximum atomic E-state index is 13.4. The number of nitrogens with zero attached hydrogens (tertiary/aromatic N) is 2. The van der Waals surface area contributed by atoms with Gasteiger partial charge in [0.05, 0.1) is 28.9 Å². The summed E-state index contributed by atoms with van der Waals surface area (Å²) < 4.78 is 19.5. The Balaban J connectivity index is 1.71. The maximum absolute atomic E-state index is 13.4. The fourth-order valence-corrected chi connectivity index (χ4v) is 5.02. The zero-order valence-electron chi connectivity index (χ0n) is 17.7. The summed E-state index contributed by atoms with van der Waals surface area (Å²) >= 11 is 7.28. The van der Waals surface area contributed by atoms with Gasteiger partial charge in [0.1, 0.15) is 17.3 Å². The summed E-state index contributed by atoms with van der Waals surface area (Å²) in [6.07, 6.45) is 0. The minimum atomic E-state index is -0.954. The number of ketones is 1. The molecule has 0 unspecified atom stereocenters. The van der Waals surface area contributed by atoms with Gasteiger partial charge in [0.2, 0.25) is 0 Å². The minimum Gasteiger partial charge on any atom is -0.507 e. The van der Waals surface area contributed by atoms with E-state index < -0.39 is 29.3 Å². The lowest BCUT2D eigenvalue weighted by molar-refractivity contribution is -0.132. The Hall–Kier alpha value is -3.75. The number of amides is 1. The number of carbonyl (C=O) groups is 2. The summed E-state index contributed by atoms with van der Waals surface area (Å²) in [6.45, 7) is 0. The van der Waals surface area contributed by atoms with Crippen molar-refractivity contribution >= 4 is 55.7 Å². The number of benzene rings is 3. The molecule has 1 N–H and O–H groups in total. The van der Waals surface area contributed by atoms with Crippen LogP contribution in [0.5, 0.6) is 5.75 Å². The quantitative estimate of drug-likeness (QED) is 0.223. The number of fused-ring (bicyclic) bond motifs is 1. The Bertz CT molecular complexity index is 1460. The highest BCUT2D eigenvalue weighted by atomic mass is 35.5. The molecule has 2 heterocycles. The summed E-state index contributed by atoms with van der Waals surface area (Å²) in [5.74, 6) is -1.94. The highest BCUT2D eigenvalue weighted by Crippen LogP contribution is 2.44. The number of Topliss-reactive ketones (excluding diaryl/α,β-unsaturated/α-hetero) is 1. The first-order valence-electron chi connectivity index (χ1n) is 10.1. The summed E-state index contributed by atoms with van der Waals surface area (Å²) in [5.41, 5.74) is 1.29. The third-order valence-corrected chi connectivity index (χ3v) is 6.81. The van der Waals surface area contributed by atoms with Gasteiger partial charge in [0, 0.05) is 10.6 Å². The smallest absolute Gasteiger partial charge is 0.301 e. The third kappa shape index (κ3) is 3.70. The molecule has 1 fully saturated rings. The van der Waals surface area contributed by atoms with Crippen molar-refractivity contribution < 1.29 is 23.8 Å². The normalized spacial score (nSPS) is 17.5. The molecule has 0 radical (unpaired) electrons. The number of hydrogen-bond donors (Lipinski definition) is 1. The van der Waals surface area contributed by atoms with Gasteiger partial charge in [-0.05, 0) is 60.2 Å². The molecule has 1 saturated heterocycles. The Morgan fingerprint density at radius 1 is 1.09 bits per heavy atom. The van der Waals surface area contributed by atoms with Gasteiger partial charge >= 0.3 is 5.91 Å². The van der Waals surface area contributed by atoms with Gasteiger partial charge < -0.3 is 9.84 Å². The average molecular weight is 495 g/mol.